The van der Waals surface area contributed by atoms with Gasteiger partial charge < -0.3 is 0 Å². The van der Waals surface area contributed by atoms with Crippen LogP contribution in [0.3, 0.4) is 0 Å². The Hall–Kier alpha value is -1.00. The van der Waals surface area contributed by atoms with E-state index >= 15 is 0 Å². The number of thioether (sulfide) groups is 1. The summed E-state index contributed by atoms with van der Waals surface area (Å²) in [6.45, 7) is 0. The van der Waals surface area contributed by atoms with Crippen molar-refractivity contribution in [1.82, 2.24) is 0 Å². The molecule has 0 aliphatic carbocycles. The molecule has 1 aliphatic rings. The number of nitriles is 1. The van der Waals surface area contributed by atoms with Crippen LogP contribution in [0.4, 0.5) is 0 Å². The first-order chi connectivity index (χ1) is 6.03. The number of rotatable bonds is 2. The molecular formula is C6H6N2O3S2. The van der Waals surface area contributed by atoms with Crippen LogP contribution in [0.2, 0.25) is 0 Å². The van der Waals surface area contributed by atoms with E-state index in [1.807, 2.05) is 6.07 Å². The minimum absolute atomic E-state index is 0.341. The van der Waals surface area contributed by atoms with E-state index < -0.39 is 16.0 Å². The van der Waals surface area contributed by atoms with Gasteiger partial charge in [0.15, 0.2) is 0 Å². The highest BCUT2D eigenvalue weighted by Gasteiger charge is 2.19. The number of oxime groups is 1. The van der Waals surface area contributed by atoms with Gasteiger partial charge in [-0.25, -0.2) is 0 Å². The molecule has 1 atom stereocenters. The van der Waals surface area contributed by atoms with Crippen molar-refractivity contribution in [3.05, 3.63) is 11.5 Å². The molecule has 7 heteroatoms. The van der Waals surface area contributed by atoms with Crippen LogP contribution < -0.4 is 0 Å². The zero-order valence-electron chi connectivity index (χ0n) is 6.67. The van der Waals surface area contributed by atoms with Crippen LogP contribution >= 0.6 is 11.8 Å². The molecule has 0 saturated carbocycles. The Morgan fingerprint density at radius 1 is 1.77 bits per heavy atom. The molecule has 1 rings (SSSR count). The Morgan fingerprint density at radius 3 is 3.00 bits per heavy atom. The number of hydrogen-bond donors (Lipinski definition) is 0. The maximum absolute atomic E-state index is 10.5. The first kappa shape index (κ1) is 10.1. The Balaban J connectivity index is 2.70. The topological polar surface area (TPSA) is 79.5 Å². The van der Waals surface area contributed by atoms with E-state index in [0.29, 0.717) is 5.04 Å². The summed E-state index contributed by atoms with van der Waals surface area (Å²) < 4.78 is 25.3. The van der Waals surface area contributed by atoms with Crippen LogP contribution in [0.5, 0.6) is 0 Å². The van der Waals surface area contributed by atoms with Crippen LogP contribution in [-0.2, 0) is 14.4 Å². The highest BCUT2D eigenvalue weighted by atomic mass is 32.2. The van der Waals surface area contributed by atoms with Crippen LogP contribution in [0.1, 0.15) is 0 Å². The van der Waals surface area contributed by atoms with Gasteiger partial charge in [-0.3, -0.25) is 4.28 Å². The maximum Gasteiger partial charge on any atom is 0.325 e. The van der Waals surface area contributed by atoms with Crippen molar-refractivity contribution >= 4 is 26.9 Å². The van der Waals surface area contributed by atoms with Crippen LogP contribution in [0.25, 0.3) is 0 Å². The van der Waals surface area contributed by atoms with E-state index in [0.717, 1.165) is 6.26 Å². The van der Waals surface area contributed by atoms with Gasteiger partial charge in [0.1, 0.15) is 11.0 Å². The lowest BCUT2D eigenvalue weighted by Crippen LogP contribution is -2.05. The summed E-state index contributed by atoms with van der Waals surface area (Å²) in [5.74, 6) is -0.494. The van der Waals surface area contributed by atoms with E-state index in [-0.39, 0.29) is 0 Å². The van der Waals surface area contributed by atoms with Gasteiger partial charge in [-0.15, -0.1) is 0 Å². The third-order valence-corrected chi connectivity index (χ3v) is 2.34. The molecule has 1 unspecified atom stereocenters. The third-order valence-electron chi connectivity index (χ3n) is 1.13. The largest absolute Gasteiger partial charge is 0.325 e. The summed E-state index contributed by atoms with van der Waals surface area (Å²) >= 11 is 1.17. The van der Waals surface area contributed by atoms with Gasteiger partial charge in [-0.05, 0) is 5.41 Å². The quantitative estimate of drug-likeness (QED) is 0.636. The van der Waals surface area contributed by atoms with Crippen LogP contribution in [0, 0.1) is 17.2 Å². The SMILES string of the molecule is CS(=O)(=O)ON=C1SC=CC1C#N. The Kier molecular flexibility index (Phi) is 2.95. The second kappa shape index (κ2) is 3.81. The predicted octanol–water partition coefficient (Wildman–Crippen LogP) is 0.676. The maximum atomic E-state index is 10.5. The zero-order valence-corrected chi connectivity index (χ0v) is 8.30. The molecule has 0 spiro atoms. The molecule has 0 radical (unpaired) electrons. The van der Waals surface area contributed by atoms with Crippen molar-refractivity contribution in [3.63, 3.8) is 0 Å². The fourth-order valence-electron chi connectivity index (χ4n) is 0.624. The Morgan fingerprint density at radius 2 is 2.46 bits per heavy atom. The standard InChI is InChI=1S/C6H6N2O3S2/c1-13(9,10)11-8-6-5(4-7)2-3-12-6/h2-3,5H,1H3. The average molecular weight is 218 g/mol. The van der Waals surface area contributed by atoms with Crippen molar-refractivity contribution in [2.24, 2.45) is 11.1 Å². The molecule has 13 heavy (non-hydrogen) atoms. The first-order valence-corrected chi connectivity index (χ1v) is 5.92. The molecule has 0 fully saturated rings. The molecule has 70 valence electrons. The van der Waals surface area contributed by atoms with Crippen molar-refractivity contribution in [2.75, 3.05) is 6.26 Å². The molecular weight excluding hydrogens is 212 g/mol. The fourth-order valence-corrected chi connectivity index (χ4v) is 1.62. The van der Waals surface area contributed by atoms with E-state index in [9.17, 15) is 8.42 Å². The third kappa shape index (κ3) is 3.08. The van der Waals surface area contributed by atoms with Gasteiger partial charge in [-0.2, -0.15) is 13.7 Å². The molecule has 0 aromatic heterocycles. The van der Waals surface area contributed by atoms with Crippen LogP contribution in [0.15, 0.2) is 16.6 Å². The Labute approximate surface area is 80.2 Å². The molecule has 5 nitrogen and oxygen atoms in total. The van der Waals surface area contributed by atoms with E-state index in [2.05, 4.69) is 9.44 Å². The number of hydrogen-bond acceptors (Lipinski definition) is 6. The van der Waals surface area contributed by atoms with Crippen molar-refractivity contribution < 1.29 is 12.7 Å². The number of allylic oxidation sites excluding steroid dienone is 1. The summed E-state index contributed by atoms with van der Waals surface area (Å²) in [5, 5.41) is 13.9. The normalized spacial score (nSPS) is 24.6. The lowest BCUT2D eigenvalue weighted by molar-refractivity contribution is 0.343. The molecule has 0 aromatic carbocycles. The van der Waals surface area contributed by atoms with Crippen LogP contribution in [-0.4, -0.2) is 19.7 Å². The van der Waals surface area contributed by atoms with E-state index in [1.165, 1.54) is 11.8 Å². The fraction of sp³-hybridized carbons (Fsp3) is 0.333. The van der Waals surface area contributed by atoms with E-state index in [4.69, 9.17) is 5.26 Å². The predicted molar refractivity (Wildman–Crippen MR) is 49.2 cm³/mol. The molecule has 0 saturated heterocycles. The smallest absolute Gasteiger partial charge is 0.268 e. The van der Waals surface area contributed by atoms with Gasteiger partial charge in [0.25, 0.3) is 0 Å². The number of nitrogens with zero attached hydrogens (tertiary/aromatic N) is 2. The molecule has 1 aliphatic heterocycles. The molecule has 0 bridgehead atoms. The highest BCUT2D eigenvalue weighted by molar-refractivity contribution is 8.16. The highest BCUT2D eigenvalue weighted by Crippen LogP contribution is 2.23. The van der Waals surface area contributed by atoms with Crippen molar-refractivity contribution in [3.8, 4) is 6.07 Å². The molecule has 0 aromatic rings. The first-order valence-electron chi connectivity index (χ1n) is 3.22. The monoisotopic (exact) mass is 218 g/mol. The van der Waals surface area contributed by atoms with Gasteiger partial charge in [-0.1, -0.05) is 23.0 Å². The molecule has 0 amide bonds. The second-order valence-electron chi connectivity index (χ2n) is 2.26. The van der Waals surface area contributed by atoms with Gasteiger partial charge >= 0.3 is 10.1 Å². The summed E-state index contributed by atoms with van der Waals surface area (Å²) in [6, 6.07) is 1.94. The van der Waals surface area contributed by atoms with Crippen molar-refractivity contribution in [1.29, 1.82) is 5.26 Å². The van der Waals surface area contributed by atoms with Gasteiger partial charge in [0.05, 0.1) is 12.3 Å². The molecule has 0 N–H and O–H groups in total. The minimum Gasteiger partial charge on any atom is -0.268 e. The minimum atomic E-state index is -3.58. The summed E-state index contributed by atoms with van der Waals surface area (Å²) in [7, 11) is -3.58. The Bertz CT molecular complexity index is 391. The van der Waals surface area contributed by atoms with Gasteiger partial charge in [0, 0.05) is 0 Å². The molecule has 1 heterocycles. The summed E-state index contributed by atoms with van der Waals surface area (Å²) in [4.78, 5) is 0. The lowest BCUT2D eigenvalue weighted by atomic mass is 10.2. The van der Waals surface area contributed by atoms with E-state index in [1.54, 1.807) is 11.5 Å². The second-order valence-corrected chi connectivity index (χ2v) is 4.74. The zero-order chi connectivity index (χ0) is 9.90. The summed E-state index contributed by atoms with van der Waals surface area (Å²) in [5.41, 5.74) is 0. The average Bonchev–Trinajstić information content (AvgIpc) is 2.46. The lowest BCUT2D eigenvalue weighted by Gasteiger charge is -1.98. The summed E-state index contributed by atoms with van der Waals surface area (Å²) in [6.07, 6.45) is 2.51. The van der Waals surface area contributed by atoms with Gasteiger partial charge in [0.2, 0.25) is 0 Å². The van der Waals surface area contributed by atoms with Crippen molar-refractivity contribution in [2.45, 2.75) is 0 Å².